The van der Waals surface area contributed by atoms with Gasteiger partial charge < -0.3 is 9.88 Å². The number of carbonyl (C=O) groups excluding carboxylic acids is 1. The summed E-state index contributed by atoms with van der Waals surface area (Å²) in [5, 5.41) is 1.39. The second kappa shape index (κ2) is 7.18. The molecular formula is C18H21ClN4O. The lowest BCUT2D eigenvalue weighted by Crippen LogP contribution is -2.32. The highest BCUT2D eigenvalue weighted by Crippen LogP contribution is 2.33. The maximum absolute atomic E-state index is 12.7. The lowest BCUT2D eigenvalue weighted by molar-refractivity contribution is -0.127. The van der Waals surface area contributed by atoms with Crippen LogP contribution in [0.5, 0.6) is 0 Å². The zero-order chi connectivity index (χ0) is 17.1. The normalized spacial score (nSPS) is 14.0. The Morgan fingerprint density at radius 3 is 2.96 bits per heavy atom. The van der Waals surface area contributed by atoms with Crippen LogP contribution in [0, 0.1) is 0 Å². The number of carbonyl (C=O) groups is 1. The highest BCUT2D eigenvalue weighted by Gasteiger charge is 2.22. The minimum absolute atomic E-state index is 0.114. The molecule has 0 radical (unpaired) electrons. The van der Waals surface area contributed by atoms with Crippen molar-refractivity contribution in [1.82, 2.24) is 19.9 Å². The maximum Gasteiger partial charge on any atom is 0.250 e. The molecule has 1 amide bonds. The van der Waals surface area contributed by atoms with E-state index in [9.17, 15) is 4.79 Å². The van der Waals surface area contributed by atoms with Crippen molar-refractivity contribution in [2.45, 2.75) is 33.1 Å². The van der Waals surface area contributed by atoms with Crippen molar-refractivity contribution < 1.29 is 4.79 Å². The number of aromatic nitrogens is 3. The van der Waals surface area contributed by atoms with Gasteiger partial charge in [-0.1, -0.05) is 31.0 Å². The number of likely N-dealkylation sites (N-methyl/N-ethyl adjacent to an activating group) is 1. The van der Waals surface area contributed by atoms with Gasteiger partial charge in [0.15, 0.2) is 0 Å². The van der Waals surface area contributed by atoms with E-state index in [4.69, 9.17) is 11.6 Å². The molecule has 0 aliphatic heterocycles. The van der Waals surface area contributed by atoms with E-state index in [0.717, 1.165) is 48.2 Å². The molecule has 0 fully saturated rings. The van der Waals surface area contributed by atoms with Gasteiger partial charge in [-0.15, -0.1) is 0 Å². The van der Waals surface area contributed by atoms with E-state index in [2.05, 4.69) is 21.9 Å². The van der Waals surface area contributed by atoms with Gasteiger partial charge in [0.2, 0.25) is 5.91 Å². The summed E-state index contributed by atoms with van der Waals surface area (Å²) in [6.07, 6.45) is 9.92. The molecule has 126 valence electrons. The molecule has 5 nitrogen and oxygen atoms in total. The molecule has 0 saturated carbocycles. The molecule has 0 aromatic carbocycles. The number of fused-ring (bicyclic) bond motifs is 1. The highest BCUT2D eigenvalue weighted by molar-refractivity contribution is 6.36. The fourth-order valence-corrected chi connectivity index (χ4v) is 3.17. The van der Waals surface area contributed by atoms with Crippen molar-refractivity contribution >= 4 is 34.1 Å². The number of unbranched alkanes of at least 4 members (excludes halogenated alkanes) is 1. The van der Waals surface area contributed by atoms with Gasteiger partial charge in [0, 0.05) is 24.9 Å². The standard InChI is InChI=1S/C18H21ClN4O/c1-3-5-8-23(4-2)18(24)13-7-6-12(9-13)16-15-14(19)10-20-17(15)22-11-21-16/h6,9-11H,3-5,7-8H2,1-2H3,(H,20,21,22). The molecule has 6 heteroatoms. The Bertz CT molecular complexity index is 822. The van der Waals surface area contributed by atoms with Crippen molar-refractivity contribution in [3.8, 4) is 0 Å². The molecule has 0 atom stereocenters. The number of rotatable bonds is 6. The predicted molar refractivity (Wildman–Crippen MR) is 96.7 cm³/mol. The molecule has 2 aromatic rings. The highest BCUT2D eigenvalue weighted by atomic mass is 35.5. The minimum atomic E-state index is 0.114. The van der Waals surface area contributed by atoms with Crippen molar-refractivity contribution in [3.63, 3.8) is 0 Å². The molecule has 1 N–H and O–H groups in total. The van der Waals surface area contributed by atoms with Crippen LogP contribution in [-0.4, -0.2) is 38.8 Å². The molecule has 3 rings (SSSR count). The summed E-state index contributed by atoms with van der Waals surface area (Å²) in [6.45, 7) is 5.69. The Balaban J connectivity index is 1.87. The Morgan fingerprint density at radius 1 is 1.38 bits per heavy atom. The average molecular weight is 345 g/mol. The first-order valence-electron chi connectivity index (χ1n) is 8.33. The SMILES string of the molecule is CCCCN(CC)C(=O)C1=CC(c2ncnc3[nH]cc(Cl)c23)=CC1. The van der Waals surface area contributed by atoms with Crippen LogP contribution in [0.1, 0.15) is 38.8 Å². The van der Waals surface area contributed by atoms with Crippen LogP contribution in [0.2, 0.25) is 5.02 Å². The Kier molecular flexibility index (Phi) is 5.00. The van der Waals surface area contributed by atoms with Crippen molar-refractivity contribution in [1.29, 1.82) is 0 Å². The summed E-state index contributed by atoms with van der Waals surface area (Å²) in [7, 11) is 0. The van der Waals surface area contributed by atoms with Crippen LogP contribution >= 0.6 is 11.6 Å². The fourth-order valence-electron chi connectivity index (χ4n) is 2.94. The van der Waals surface area contributed by atoms with Gasteiger partial charge in [0.1, 0.15) is 12.0 Å². The molecule has 24 heavy (non-hydrogen) atoms. The lowest BCUT2D eigenvalue weighted by Gasteiger charge is -2.21. The number of aromatic amines is 1. The van der Waals surface area contributed by atoms with Gasteiger partial charge in [-0.2, -0.15) is 0 Å². The number of hydrogen-bond acceptors (Lipinski definition) is 3. The minimum Gasteiger partial charge on any atom is -0.344 e. The smallest absolute Gasteiger partial charge is 0.250 e. The van der Waals surface area contributed by atoms with Crippen molar-refractivity contribution in [3.05, 3.63) is 41.0 Å². The first-order chi connectivity index (χ1) is 11.7. The second-order valence-corrected chi connectivity index (χ2v) is 6.26. The monoisotopic (exact) mass is 344 g/mol. The number of allylic oxidation sites excluding steroid dienone is 3. The van der Waals surface area contributed by atoms with Crippen LogP contribution in [0.3, 0.4) is 0 Å². The number of hydrogen-bond donors (Lipinski definition) is 1. The molecule has 1 aliphatic rings. The van der Waals surface area contributed by atoms with E-state index < -0.39 is 0 Å². The molecule has 2 heterocycles. The quantitative estimate of drug-likeness (QED) is 0.862. The largest absolute Gasteiger partial charge is 0.344 e. The first kappa shape index (κ1) is 16.7. The van der Waals surface area contributed by atoms with Crippen LogP contribution < -0.4 is 0 Å². The Morgan fingerprint density at radius 2 is 2.21 bits per heavy atom. The zero-order valence-corrected chi connectivity index (χ0v) is 14.7. The summed E-state index contributed by atoms with van der Waals surface area (Å²) < 4.78 is 0. The summed E-state index contributed by atoms with van der Waals surface area (Å²) in [6, 6.07) is 0. The van der Waals surface area contributed by atoms with E-state index in [1.54, 1.807) is 6.20 Å². The molecule has 1 aliphatic carbocycles. The topological polar surface area (TPSA) is 61.9 Å². The van der Waals surface area contributed by atoms with Gasteiger partial charge in [0.05, 0.1) is 16.1 Å². The maximum atomic E-state index is 12.7. The number of nitrogens with zero attached hydrogens (tertiary/aromatic N) is 3. The van der Waals surface area contributed by atoms with Gasteiger partial charge in [-0.05, 0) is 31.4 Å². The van der Waals surface area contributed by atoms with Crippen molar-refractivity contribution in [2.24, 2.45) is 0 Å². The van der Waals surface area contributed by atoms with Gasteiger partial charge in [-0.25, -0.2) is 9.97 Å². The fraction of sp³-hybridized carbons (Fsp3) is 0.389. The van der Waals surface area contributed by atoms with E-state index >= 15 is 0 Å². The van der Waals surface area contributed by atoms with Crippen molar-refractivity contribution in [2.75, 3.05) is 13.1 Å². The Hall–Kier alpha value is -2.14. The van der Waals surface area contributed by atoms with E-state index in [-0.39, 0.29) is 5.91 Å². The predicted octanol–water partition coefficient (Wildman–Crippen LogP) is 3.97. The zero-order valence-electron chi connectivity index (χ0n) is 14.0. The first-order valence-corrected chi connectivity index (χ1v) is 8.71. The second-order valence-electron chi connectivity index (χ2n) is 5.85. The molecule has 2 aromatic heterocycles. The van der Waals surface area contributed by atoms with E-state index in [1.807, 2.05) is 24.0 Å². The molecular weight excluding hydrogens is 324 g/mol. The molecule has 0 saturated heterocycles. The Labute approximate surface area is 146 Å². The van der Waals surface area contributed by atoms with Crippen LogP contribution in [-0.2, 0) is 4.79 Å². The summed E-state index contributed by atoms with van der Waals surface area (Å²) in [4.78, 5) is 26.2. The number of halogens is 1. The lowest BCUT2D eigenvalue weighted by atomic mass is 10.1. The average Bonchev–Trinajstić information content (AvgIpc) is 3.23. The molecule has 0 spiro atoms. The van der Waals surface area contributed by atoms with Gasteiger partial charge in [0.25, 0.3) is 0 Å². The van der Waals surface area contributed by atoms with Gasteiger partial charge >= 0.3 is 0 Å². The third kappa shape index (κ3) is 3.08. The third-order valence-electron chi connectivity index (χ3n) is 4.29. The van der Waals surface area contributed by atoms with Gasteiger partial charge in [-0.3, -0.25) is 4.79 Å². The van der Waals surface area contributed by atoms with Crippen LogP contribution in [0.25, 0.3) is 16.6 Å². The van der Waals surface area contributed by atoms with E-state index in [1.165, 1.54) is 6.33 Å². The van der Waals surface area contributed by atoms with E-state index in [0.29, 0.717) is 17.1 Å². The summed E-state index contributed by atoms with van der Waals surface area (Å²) in [5.74, 6) is 0.114. The number of H-pyrrole nitrogens is 1. The van der Waals surface area contributed by atoms with Crippen LogP contribution in [0.15, 0.2) is 30.2 Å². The number of nitrogens with one attached hydrogen (secondary N) is 1. The molecule has 0 unspecified atom stereocenters. The number of amides is 1. The summed E-state index contributed by atoms with van der Waals surface area (Å²) in [5.41, 5.74) is 3.21. The summed E-state index contributed by atoms with van der Waals surface area (Å²) >= 11 is 6.25. The third-order valence-corrected chi connectivity index (χ3v) is 4.59. The van der Waals surface area contributed by atoms with Crippen LogP contribution in [0.4, 0.5) is 0 Å². The molecule has 0 bridgehead atoms.